The highest BCUT2D eigenvalue weighted by Crippen LogP contribution is 2.19. The van der Waals surface area contributed by atoms with Crippen LogP contribution in [-0.2, 0) is 18.4 Å². The molecule has 0 saturated heterocycles. The third kappa shape index (κ3) is 3.94. The number of carbonyl (C=O) groups is 1. The van der Waals surface area contributed by atoms with E-state index in [0.29, 0.717) is 16.7 Å². The zero-order valence-electron chi connectivity index (χ0n) is 11.1. The van der Waals surface area contributed by atoms with Crippen molar-refractivity contribution in [2.24, 2.45) is 7.05 Å². The Morgan fingerprint density at radius 1 is 1.45 bits per heavy atom. The molecule has 1 aromatic carbocycles. The van der Waals surface area contributed by atoms with Crippen LogP contribution in [0.3, 0.4) is 0 Å². The molecule has 0 fully saturated rings. The molecule has 0 bridgehead atoms. The largest absolute Gasteiger partial charge is 0.351 e. The average molecular weight is 312 g/mol. The molecule has 0 aliphatic carbocycles. The van der Waals surface area contributed by atoms with Crippen LogP contribution in [-0.4, -0.2) is 31.4 Å². The van der Waals surface area contributed by atoms with Gasteiger partial charge in [0.15, 0.2) is 0 Å². The van der Waals surface area contributed by atoms with Crippen LogP contribution in [0.2, 0.25) is 5.02 Å². The van der Waals surface area contributed by atoms with E-state index in [2.05, 4.69) is 20.8 Å². The van der Waals surface area contributed by atoms with Crippen LogP contribution in [0, 0.1) is 0 Å². The van der Waals surface area contributed by atoms with Gasteiger partial charge in [0, 0.05) is 18.6 Å². The molecule has 1 aromatic heterocycles. The summed E-state index contributed by atoms with van der Waals surface area (Å²) in [4.78, 5) is 12.0. The number of aromatic nitrogens is 4. The van der Waals surface area contributed by atoms with Crippen molar-refractivity contribution in [2.75, 3.05) is 0 Å². The first-order chi connectivity index (χ1) is 9.56. The smallest absolute Gasteiger partial charge is 0.233 e. The summed E-state index contributed by atoms with van der Waals surface area (Å²) < 4.78 is 1.54. The second kappa shape index (κ2) is 6.71. The Balaban J connectivity index is 1.85. The molecule has 0 aliphatic heterocycles. The molecular weight excluding hydrogens is 298 g/mol. The highest BCUT2D eigenvalue weighted by molar-refractivity contribution is 8.00. The fourth-order valence-corrected chi connectivity index (χ4v) is 2.37. The first-order valence-corrected chi connectivity index (χ1v) is 7.23. The van der Waals surface area contributed by atoms with Crippen LogP contribution in [0.15, 0.2) is 29.4 Å². The van der Waals surface area contributed by atoms with Crippen LogP contribution in [0.5, 0.6) is 0 Å². The maximum absolute atomic E-state index is 12.0. The Hall–Kier alpha value is -1.60. The summed E-state index contributed by atoms with van der Waals surface area (Å²) in [5.41, 5.74) is 1.00. The monoisotopic (exact) mass is 311 g/mol. The molecule has 106 valence electrons. The fraction of sp³-hybridized carbons (Fsp3) is 0.333. The van der Waals surface area contributed by atoms with Crippen LogP contribution in [0.1, 0.15) is 12.5 Å². The van der Waals surface area contributed by atoms with Gasteiger partial charge in [-0.05, 0) is 35.0 Å². The quantitative estimate of drug-likeness (QED) is 0.850. The number of nitrogens with zero attached hydrogens (tertiary/aromatic N) is 4. The first kappa shape index (κ1) is 14.8. The molecule has 1 N–H and O–H groups in total. The van der Waals surface area contributed by atoms with Crippen molar-refractivity contribution in [2.45, 2.75) is 23.9 Å². The molecule has 6 nitrogen and oxygen atoms in total. The van der Waals surface area contributed by atoms with Gasteiger partial charge in [-0.15, -0.1) is 5.10 Å². The maximum Gasteiger partial charge on any atom is 0.233 e. The number of benzene rings is 1. The number of hydrogen-bond donors (Lipinski definition) is 1. The van der Waals surface area contributed by atoms with E-state index in [-0.39, 0.29) is 11.2 Å². The SMILES string of the molecule is C[C@@H](Sc1nnnn1C)C(=O)NCc1ccc(Cl)cc1. The number of halogens is 1. The van der Waals surface area contributed by atoms with Gasteiger partial charge >= 0.3 is 0 Å². The number of thioether (sulfide) groups is 1. The topological polar surface area (TPSA) is 72.7 Å². The van der Waals surface area contributed by atoms with E-state index < -0.39 is 0 Å². The number of tetrazole rings is 1. The Morgan fingerprint density at radius 3 is 2.75 bits per heavy atom. The zero-order chi connectivity index (χ0) is 14.5. The minimum absolute atomic E-state index is 0.0621. The van der Waals surface area contributed by atoms with Crippen molar-refractivity contribution in [3.05, 3.63) is 34.9 Å². The Bertz CT molecular complexity index is 586. The summed E-state index contributed by atoms with van der Waals surface area (Å²) in [7, 11) is 1.74. The third-order valence-electron chi connectivity index (χ3n) is 2.61. The van der Waals surface area contributed by atoms with Gasteiger partial charge in [0.25, 0.3) is 0 Å². The van der Waals surface area contributed by atoms with Crippen molar-refractivity contribution in [1.29, 1.82) is 0 Å². The second-order valence-corrected chi connectivity index (χ2v) is 5.93. The summed E-state index contributed by atoms with van der Waals surface area (Å²) in [5, 5.41) is 15.0. The maximum atomic E-state index is 12.0. The first-order valence-electron chi connectivity index (χ1n) is 5.97. The van der Waals surface area contributed by atoms with Crippen molar-refractivity contribution in [1.82, 2.24) is 25.5 Å². The van der Waals surface area contributed by atoms with Gasteiger partial charge in [-0.1, -0.05) is 35.5 Å². The van der Waals surface area contributed by atoms with Crippen molar-refractivity contribution >= 4 is 29.3 Å². The predicted molar refractivity (Wildman–Crippen MR) is 77.4 cm³/mol. The highest BCUT2D eigenvalue weighted by atomic mass is 35.5. The lowest BCUT2D eigenvalue weighted by atomic mass is 10.2. The van der Waals surface area contributed by atoms with E-state index >= 15 is 0 Å². The molecule has 2 rings (SSSR count). The normalized spacial score (nSPS) is 12.2. The van der Waals surface area contributed by atoms with Crippen LogP contribution in [0.25, 0.3) is 0 Å². The number of hydrogen-bond acceptors (Lipinski definition) is 5. The van der Waals surface area contributed by atoms with Gasteiger partial charge < -0.3 is 5.32 Å². The van der Waals surface area contributed by atoms with E-state index in [1.807, 2.05) is 19.1 Å². The molecule has 0 unspecified atom stereocenters. The van der Waals surface area contributed by atoms with Crippen molar-refractivity contribution in [3.63, 3.8) is 0 Å². The Morgan fingerprint density at radius 2 is 2.15 bits per heavy atom. The molecule has 0 radical (unpaired) electrons. The van der Waals surface area contributed by atoms with E-state index in [1.165, 1.54) is 16.4 Å². The molecule has 0 spiro atoms. The minimum atomic E-state index is -0.271. The summed E-state index contributed by atoms with van der Waals surface area (Å²) in [5.74, 6) is -0.0621. The predicted octanol–water partition coefficient (Wildman–Crippen LogP) is 1.66. The molecule has 8 heteroatoms. The molecule has 0 aliphatic rings. The van der Waals surface area contributed by atoms with E-state index in [0.717, 1.165) is 5.56 Å². The molecule has 0 saturated carbocycles. The van der Waals surface area contributed by atoms with Crippen molar-refractivity contribution < 1.29 is 4.79 Å². The van der Waals surface area contributed by atoms with E-state index in [9.17, 15) is 4.79 Å². The fourth-order valence-electron chi connectivity index (χ4n) is 1.47. The summed E-state index contributed by atoms with van der Waals surface area (Å²) in [6.45, 7) is 2.29. The summed E-state index contributed by atoms with van der Waals surface area (Å²) in [6.07, 6.45) is 0. The average Bonchev–Trinajstić information content (AvgIpc) is 2.83. The number of aryl methyl sites for hydroxylation is 1. The molecule has 20 heavy (non-hydrogen) atoms. The van der Waals surface area contributed by atoms with Gasteiger partial charge in [0.1, 0.15) is 0 Å². The number of rotatable bonds is 5. The van der Waals surface area contributed by atoms with E-state index in [4.69, 9.17) is 11.6 Å². The third-order valence-corrected chi connectivity index (χ3v) is 3.99. The van der Waals surface area contributed by atoms with Gasteiger partial charge in [-0.2, -0.15) is 0 Å². The van der Waals surface area contributed by atoms with Crippen LogP contribution in [0.4, 0.5) is 0 Å². The lowest BCUT2D eigenvalue weighted by Crippen LogP contribution is -2.30. The van der Waals surface area contributed by atoms with Crippen LogP contribution >= 0.6 is 23.4 Å². The molecule has 1 amide bonds. The van der Waals surface area contributed by atoms with Gasteiger partial charge in [-0.3, -0.25) is 4.79 Å². The lowest BCUT2D eigenvalue weighted by molar-refractivity contribution is -0.120. The summed E-state index contributed by atoms with van der Waals surface area (Å²) in [6, 6.07) is 7.36. The van der Waals surface area contributed by atoms with Crippen molar-refractivity contribution in [3.8, 4) is 0 Å². The standard InChI is InChI=1S/C12H14ClN5OS/c1-8(20-12-15-16-17-18(12)2)11(19)14-7-9-3-5-10(13)6-4-9/h3-6,8H,7H2,1-2H3,(H,14,19)/t8-/m1/s1. The van der Waals surface area contributed by atoms with E-state index in [1.54, 1.807) is 19.2 Å². The number of carbonyl (C=O) groups excluding carboxylic acids is 1. The van der Waals surface area contributed by atoms with Gasteiger partial charge in [0.2, 0.25) is 11.1 Å². The number of nitrogens with one attached hydrogen (secondary N) is 1. The zero-order valence-corrected chi connectivity index (χ0v) is 12.6. The Kier molecular flexibility index (Phi) is 4.97. The lowest BCUT2D eigenvalue weighted by Gasteiger charge is -2.10. The molecule has 1 heterocycles. The van der Waals surface area contributed by atoms with Crippen LogP contribution < -0.4 is 5.32 Å². The second-order valence-electron chi connectivity index (χ2n) is 4.19. The molecule has 2 aromatic rings. The molecule has 1 atom stereocenters. The highest BCUT2D eigenvalue weighted by Gasteiger charge is 2.17. The minimum Gasteiger partial charge on any atom is -0.351 e. The molecular formula is C12H14ClN5OS. The Labute approximate surface area is 125 Å². The van der Waals surface area contributed by atoms with Gasteiger partial charge in [-0.25, -0.2) is 4.68 Å². The van der Waals surface area contributed by atoms with Gasteiger partial charge in [0.05, 0.1) is 5.25 Å². The number of amides is 1. The summed E-state index contributed by atoms with van der Waals surface area (Å²) >= 11 is 7.12.